The van der Waals surface area contributed by atoms with Gasteiger partial charge in [-0.25, -0.2) is 0 Å². The Hall–Kier alpha value is -4.25. The monoisotopic (exact) mass is 437 g/mol. The van der Waals surface area contributed by atoms with Gasteiger partial charge in [0.05, 0.1) is 6.42 Å². The number of carbonyl (C=O) groups excluding carboxylic acids is 2. The Morgan fingerprint density at radius 3 is 1.91 bits per heavy atom. The van der Waals surface area contributed by atoms with Crippen LogP contribution in [0.15, 0.2) is 108 Å². The Kier molecular flexibility index (Phi) is 6.31. The van der Waals surface area contributed by atoms with Crippen LogP contribution in [-0.4, -0.2) is 22.6 Å². The van der Waals surface area contributed by atoms with Crippen LogP contribution < -0.4 is 5.32 Å². The Labute approximate surface area is 192 Å². The van der Waals surface area contributed by atoms with E-state index < -0.39 is 11.9 Å². The average molecular weight is 437 g/mol. The highest BCUT2D eigenvalue weighted by atomic mass is 16.4. The van der Waals surface area contributed by atoms with Gasteiger partial charge in [-0.15, -0.1) is 0 Å². The van der Waals surface area contributed by atoms with Crippen molar-refractivity contribution in [2.45, 2.75) is 19.3 Å². The van der Waals surface area contributed by atoms with Crippen LogP contribution in [0.1, 0.15) is 44.2 Å². The van der Waals surface area contributed by atoms with Gasteiger partial charge in [0.25, 0.3) is 0 Å². The van der Waals surface area contributed by atoms with Crippen LogP contribution in [-0.2, 0) is 4.79 Å². The number of carbonyl (C=O) groups is 3. The van der Waals surface area contributed by atoms with E-state index in [0.717, 1.165) is 11.1 Å². The molecule has 3 aromatic rings. The minimum atomic E-state index is -1.06. The van der Waals surface area contributed by atoms with Gasteiger partial charge < -0.3 is 10.4 Å². The number of dihydropyridines is 1. The second kappa shape index (κ2) is 9.49. The van der Waals surface area contributed by atoms with Crippen molar-refractivity contribution in [1.29, 1.82) is 0 Å². The minimum absolute atomic E-state index is 0.218. The van der Waals surface area contributed by atoms with E-state index in [1.807, 2.05) is 43.3 Å². The van der Waals surface area contributed by atoms with Crippen LogP contribution in [0.5, 0.6) is 0 Å². The van der Waals surface area contributed by atoms with Gasteiger partial charge in [0.1, 0.15) is 0 Å². The summed E-state index contributed by atoms with van der Waals surface area (Å²) < 4.78 is 0. The summed E-state index contributed by atoms with van der Waals surface area (Å²) >= 11 is 0. The molecular formula is C28H23NO4. The molecule has 1 heterocycles. The molecule has 0 spiro atoms. The molecule has 0 bridgehead atoms. The Morgan fingerprint density at radius 2 is 1.33 bits per heavy atom. The van der Waals surface area contributed by atoms with Crippen molar-refractivity contribution in [1.82, 2.24) is 5.32 Å². The van der Waals surface area contributed by atoms with Gasteiger partial charge >= 0.3 is 5.97 Å². The molecule has 0 fully saturated rings. The SMILES string of the molecule is Cc1ccccc1C1C(C(=O)c2ccccc2)=CNC(CC(=O)O)=C1C(=O)c1ccccc1. The van der Waals surface area contributed by atoms with E-state index in [1.165, 1.54) is 0 Å². The first-order valence-electron chi connectivity index (χ1n) is 10.6. The topological polar surface area (TPSA) is 83.5 Å². The summed E-state index contributed by atoms with van der Waals surface area (Å²) in [5.41, 5.74) is 3.58. The van der Waals surface area contributed by atoms with Crippen molar-refractivity contribution in [3.05, 3.63) is 130 Å². The molecule has 1 unspecified atom stereocenters. The number of carboxylic acids is 1. The van der Waals surface area contributed by atoms with Gasteiger partial charge in [0.15, 0.2) is 11.6 Å². The van der Waals surface area contributed by atoms with Gasteiger partial charge in [-0.3, -0.25) is 14.4 Å². The largest absolute Gasteiger partial charge is 0.481 e. The van der Waals surface area contributed by atoms with Crippen LogP contribution in [0.4, 0.5) is 0 Å². The predicted octanol–water partition coefficient (Wildman–Crippen LogP) is 5.06. The number of allylic oxidation sites excluding steroid dienone is 2. The zero-order valence-electron chi connectivity index (χ0n) is 18.1. The van der Waals surface area contributed by atoms with Crippen molar-refractivity contribution < 1.29 is 19.5 Å². The van der Waals surface area contributed by atoms with Crippen LogP contribution in [0.2, 0.25) is 0 Å². The first-order chi connectivity index (χ1) is 16.0. The van der Waals surface area contributed by atoms with Gasteiger partial charge in [0.2, 0.25) is 0 Å². The van der Waals surface area contributed by atoms with Crippen molar-refractivity contribution in [2.24, 2.45) is 0 Å². The first-order valence-corrected chi connectivity index (χ1v) is 10.6. The summed E-state index contributed by atoms with van der Waals surface area (Å²) in [6, 6.07) is 25.1. The minimum Gasteiger partial charge on any atom is -0.481 e. The molecule has 1 aliphatic rings. The van der Waals surface area contributed by atoms with E-state index >= 15 is 0 Å². The number of benzene rings is 3. The summed E-state index contributed by atoms with van der Waals surface area (Å²) in [5, 5.41) is 12.5. The number of hydrogen-bond acceptors (Lipinski definition) is 4. The third-order valence-corrected chi connectivity index (χ3v) is 5.73. The lowest BCUT2D eigenvalue weighted by atomic mass is 9.75. The molecule has 0 aromatic heterocycles. The smallest absolute Gasteiger partial charge is 0.309 e. The molecule has 5 heteroatoms. The van der Waals surface area contributed by atoms with E-state index in [9.17, 15) is 19.5 Å². The van der Waals surface area contributed by atoms with Crippen molar-refractivity contribution in [3.8, 4) is 0 Å². The number of rotatable bonds is 7. The van der Waals surface area contributed by atoms with Crippen LogP contribution in [0, 0.1) is 6.92 Å². The third-order valence-electron chi connectivity index (χ3n) is 5.73. The number of ketones is 2. The number of aliphatic carboxylic acids is 1. The molecule has 0 aliphatic carbocycles. The fourth-order valence-corrected chi connectivity index (χ4v) is 4.15. The fraction of sp³-hybridized carbons (Fsp3) is 0.107. The van der Waals surface area contributed by atoms with Crippen LogP contribution >= 0.6 is 0 Å². The highest BCUT2D eigenvalue weighted by Gasteiger charge is 2.36. The van der Waals surface area contributed by atoms with Crippen molar-refractivity contribution >= 4 is 17.5 Å². The van der Waals surface area contributed by atoms with E-state index in [1.54, 1.807) is 54.7 Å². The zero-order chi connectivity index (χ0) is 23.4. The summed E-state index contributed by atoms with van der Waals surface area (Å²) in [7, 11) is 0. The molecule has 33 heavy (non-hydrogen) atoms. The predicted molar refractivity (Wildman–Crippen MR) is 126 cm³/mol. The highest BCUT2D eigenvalue weighted by Crippen LogP contribution is 2.40. The summed E-state index contributed by atoms with van der Waals surface area (Å²) in [6.45, 7) is 1.92. The first kappa shape index (κ1) is 22.0. The molecule has 0 saturated heterocycles. The maximum absolute atomic E-state index is 13.8. The van der Waals surface area contributed by atoms with E-state index in [0.29, 0.717) is 16.7 Å². The summed E-state index contributed by atoms with van der Waals surface area (Å²) in [4.78, 5) is 39.0. The lowest BCUT2D eigenvalue weighted by Crippen LogP contribution is -2.30. The third kappa shape index (κ3) is 4.53. The second-order valence-corrected chi connectivity index (χ2v) is 7.89. The maximum Gasteiger partial charge on any atom is 0.309 e. The van der Waals surface area contributed by atoms with Gasteiger partial charge in [-0.05, 0) is 18.1 Å². The summed E-state index contributed by atoms with van der Waals surface area (Å²) in [6.07, 6.45) is 1.19. The molecule has 1 aliphatic heterocycles. The number of aryl methyl sites for hydroxylation is 1. The highest BCUT2D eigenvalue weighted by molar-refractivity contribution is 6.16. The molecule has 1 atom stereocenters. The number of Topliss-reactive ketones (excluding diaryl/α,β-unsaturated/α-hetero) is 2. The average Bonchev–Trinajstić information content (AvgIpc) is 2.84. The molecular weight excluding hydrogens is 414 g/mol. The molecule has 164 valence electrons. The Balaban J connectivity index is 1.93. The normalized spacial score (nSPS) is 15.4. The number of nitrogens with one attached hydrogen (secondary N) is 1. The molecule has 4 rings (SSSR count). The lowest BCUT2D eigenvalue weighted by Gasteiger charge is -2.30. The summed E-state index contributed by atoms with van der Waals surface area (Å²) in [5.74, 6) is -2.30. The molecule has 2 N–H and O–H groups in total. The number of carboxylic acid groups (broad SMARTS) is 1. The Morgan fingerprint density at radius 1 is 0.788 bits per heavy atom. The van der Waals surface area contributed by atoms with E-state index in [-0.39, 0.29) is 29.3 Å². The molecule has 3 aromatic carbocycles. The van der Waals surface area contributed by atoms with Gasteiger partial charge in [-0.1, -0.05) is 84.9 Å². The molecule has 0 amide bonds. The quantitative estimate of drug-likeness (QED) is 0.505. The van der Waals surface area contributed by atoms with Gasteiger partial charge in [0, 0.05) is 40.1 Å². The van der Waals surface area contributed by atoms with Crippen molar-refractivity contribution in [3.63, 3.8) is 0 Å². The zero-order valence-corrected chi connectivity index (χ0v) is 18.1. The molecule has 5 nitrogen and oxygen atoms in total. The molecule has 0 radical (unpaired) electrons. The Bertz CT molecular complexity index is 1270. The standard InChI is InChI=1S/C28H23NO4/c1-18-10-8-9-15-21(18)25-22(27(32)19-11-4-2-5-12-19)17-29-23(16-24(30)31)26(25)28(33)20-13-6-3-7-14-20/h2-15,17,25,29H,16H2,1H3,(H,30,31). The molecule has 0 saturated carbocycles. The van der Waals surface area contributed by atoms with E-state index in [2.05, 4.69) is 5.32 Å². The number of hydrogen-bond donors (Lipinski definition) is 2. The maximum atomic E-state index is 13.8. The lowest BCUT2D eigenvalue weighted by molar-refractivity contribution is -0.136. The van der Waals surface area contributed by atoms with Crippen molar-refractivity contribution in [2.75, 3.05) is 0 Å². The fourth-order valence-electron chi connectivity index (χ4n) is 4.15. The van der Waals surface area contributed by atoms with E-state index in [4.69, 9.17) is 0 Å². The van der Waals surface area contributed by atoms with Crippen LogP contribution in [0.25, 0.3) is 0 Å². The van der Waals surface area contributed by atoms with Gasteiger partial charge in [-0.2, -0.15) is 0 Å². The van der Waals surface area contributed by atoms with Crippen LogP contribution in [0.3, 0.4) is 0 Å². The second-order valence-electron chi connectivity index (χ2n) is 7.89.